The maximum absolute atomic E-state index is 10.8. The summed E-state index contributed by atoms with van der Waals surface area (Å²) in [7, 11) is 0. The normalized spacial score (nSPS) is 26.9. The maximum atomic E-state index is 10.8. The van der Waals surface area contributed by atoms with Crippen LogP contribution in [-0.4, -0.2) is 23.1 Å². The number of carbonyl (C=O) groups excluding carboxylic acids is 4. The highest BCUT2D eigenvalue weighted by molar-refractivity contribution is 6.55. The number of rotatable bonds is 0. The van der Waals surface area contributed by atoms with Crippen LogP contribution in [0.25, 0.3) is 0 Å². The first kappa shape index (κ1) is 6.39. The van der Waals surface area contributed by atoms with Crippen LogP contribution in [0.2, 0.25) is 0 Å². The topological polar surface area (TPSA) is 68.3 Å². The molecule has 0 N–H and O–H groups in total. The minimum absolute atomic E-state index is 0.239. The van der Waals surface area contributed by atoms with Gasteiger partial charge in [0.15, 0.2) is 23.1 Å². The molecule has 0 atom stereocenters. The van der Waals surface area contributed by atoms with Gasteiger partial charge in [0.05, 0.1) is 12.8 Å². The molecule has 2 aliphatic rings. The molecular weight excluding hydrogens is 148 g/mol. The van der Waals surface area contributed by atoms with Crippen molar-refractivity contribution in [3.8, 4) is 0 Å². The van der Waals surface area contributed by atoms with Crippen molar-refractivity contribution in [3.05, 3.63) is 0 Å². The predicted octanol–water partition coefficient (Wildman–Crippen LogP) is -0.943. The lowest BCUT2D eigenvalue weighted by Crippen LogP contribution is -2.68. The molecule has 0 radical (unpaired) electrons. The van der Waals surface area contributed by atoms with E-state index in [1.165, 1.54) is 0 Å². The van der Waals surface area contributed by atoms with E-state index in [-0.39, 0.29) is 12.8 Å². The highest BCUT2D eigenvalue weighted by Crippen LogP contribution is 2.44. The van der Waals surface area contributed by atoms with Crippen LogP contribution < -0.4 is 0 Å². The van der Waals surface area contributed by atoms with E-state index in [9.17, 15) is 19.2 Å². The molecule has 0 amide bonds. The van der Waals surface area contributed by atoms with Gasteiger partial charge < -0.3 is 0 Å². The fourth-order valence-electron chi connectivity index (χ4n) is 1.54. The SMILES string of the molecule is O=C1CC(=O)C12C(=O)CC2=O. The third-order valence-electron chi connectivity index (χ3n) is 2.32. The van der Waals surface area contributed by atoms with E-state index in [1.807, 2.05) is 0 Å². The lowest BCUT2D eigenvalue weighted by molar-refractivity contribution is -0.170. The molecule has 0 bridgehead atoms. The molecule has 0 aromatic carbocycles. The molecule has 0 saturated heterocycles. The lowest BCUT2D eigenvalue weighted by atomic mass is 9.52. The first-order valence-corrected chi connectivity index (χ1v) is 3.23. The zero-order valence-corrected chi connectivity index (χ0v) is 5.55. The number of hydrogen-bond acceptors (Lipinski definition) is 4. The third-order valence-corrected chi connectivity index (χ3v) is 2.32. The minimum atomic E-state index is -1.78. The summed E-state index contributed by atoms with van der Waals surface area (Å²) in [6.07, 6.45) is -0.477. The van der Waals surface area contributed by atoms with Gasteiger partial charge in [-0.05, 0) is 0 Å². The Labute approximate surface area is 61.6 Å². The van der Waals surface area contributed by atoms with Crippen molar-refractivity contribution >= 4 is 23.1 Å². The standard InChI is InChI=1S/C7H4O4/c8-3-1-4(9)7(3)5(10)2-6(7)11/h1-2H2. The second kappa shape index (κ2) is 1.47. The molecule has 1 spiro atoms. The number of ketones is 4. The Morgan fingerprint density at radius 3 is 1.09 bits per heavy atom. The first-order valence-electron chi connectivity index (χ1n) is 3.23. The Hall–Kier alpha value is -1.32. The molecule has 56 valence electrons. The van der Waals surface area contributed by atoms with Crippen molar-refractivity contribution in [2.75, 3.05) is 0 Å². The van der Waals surface area contributed by atoms with Gasteiger partial charge in [0.1, 0.15) is 0 Å². The molecule has 0 aromatic rings. The largest absolute Gasteiger partial charge is 0.297 e. The van der Waals surface area contributed by atoms with E-state index in [0.29, 0.717) is 0 Å². The van der Waals surface area contributed by atoms with Gasteiger partial charge in [-0.3, -0.25) is 19.2 Å². The van der Waals surface area contributed by atoms with Crippen molar-refractivity contribution in [1.29, 1.82) is 0 Å². The van der Waals surface area contributed by atoms with Crippen LogP contribution in [0.1, 0.15) is 12.8 Å². The van der Waals surface area contributed by atoms with Crippen molar-refractivity contribution in [2.45, 2.75) is 12.8 Å². The minimum Gasteiger partial charge on any atom is -0.297 e. The van der Waals surface area contributed by atoms with E-state index in [2.05, 4.69) is 0 Å². The van der Waals surface area contributed by atoms with Gasteiger partial charge in [-0.15, -0.1) is 0 Å². The average molecular weight is 152 g/mol. The molecule has 4 heteroatoms. The Morgan fingerprint density at radius 2 is 1.00 bits per heavy atom. The maximum Gasteiger partial charge on any atom is 0.205 e. The molecule has 2 fully saturated rings. The summed E-state index contributed by atoms with van der Waals surface area (Å²) in [5.41, 5.74) is -1.78. The van der Waals surface area contributed by atoms with Crippen LogP contribution in [0.5, 0.6) is 0 Å². The van der Waals surface area contributed by atoms with Gasteiger partial charge in [0, 0.05) is 0 Å². The molecule has 2 rings (SSSR count). The summed E-state index contributed by atoms with van der Waals surface area (Å²) in [5, 5.41) is 0. The quantitative estimate of drug-likeness (QED) is 0.420. The van der Waals surface area contributed by atoms with Gasteiger partial charge >= 0.3 is 0 Å². The number of carbonyl (C=O) groups is 4. The molecule has 4 nitrogen and oxygen atoms in total. The van der Waals surface area contributed by atoms with E-state index in [4.69, 9.17) is 0 Å². The predicted molar refractivity (Wildman–Crippen MR) is 31.7 cm³/mol. The molecule has 11 heavy (non-hydrogen) atoms. The number of hydrogen-bond donors (Lipinski definition) is 0. The fourth-order valence-corrected chi connectivity index (χ4v) is 1.54. The van der Waals surface area contributed by atoms with Gasteiger partial charge in [0.2, 0.25) is 5.41 Å². The smallest absolute Gasteiger partial charge is 0.205 e. The van der Waals surface area contributed by atoms with E-state index in [1.54, 1.807) is 0 Å². The molecular formula is C7H4O4. The van der Waals surface area contributed by atoms with E-state index >= 15 is 0 Å². The summed E-state index contributed by atoms with van der Waals surface area (Å²) < 4.78 is 0. The molecule has 0 aromatic heterocycles. The Morgan fingerprint density at radius 1 is 0.727 bits per heavy atom. The molecule has 2 aliphatic carbocycles. The number of Topliss-reactive ketones (excluding diaryl/α,β-unsaturated/α-hetero) is 4. The molecule has 0 unspecified atom stereocenters. The summed E-state index contributed by atoms with van der Waals surface area (Å²) in [4.78, 5) is 43.2. The summed E-state index contributed by atoms with van der Waals surface area (Å²) >= 11 is 0. The highest BCUT2D eigenvalue weighted by atomic mass is 16.2. The van der Waals surface area contributed by atoms with Crippen LogP contribution in [0.15, 0.2) is 0 Å². The van der Waals surface area contributed by atoms with Crippen LogP contribution in [-0.2, 0) is 19.2 Å². The summed E-state index contributed by atoms with van der Waals surface area (Å²) in [6, 6.07) is 0. The van der Waals surface area contributed by atoms with Crippen molar-refractivity contribution in [1.82, 2.24) is 0 Å². The van der Waals surface area contributed by atoms with Gasteiger partial charge in [0.25, 0.3) is 0 Å². The monoisotopic (exact) mass is 152 g/mol. The van der Waals surface area contributed by atoms with Gasteiger partial charge in [-0.25, -0.2) is 0 Å². The lowest BCUT2D eigenvalue weighted by Gasteiger charge is -2.41. The average Bonchev–Trinajstić information content (AvgIpc) is 1.86. The Bertz CT molecular complexity index is 249. The van der Waals surface area contributed by atoms with Crippen molar-refractivity contribution in [3.63, 3.8) is 0 Å². The zero-order valence-electron chi connectivity index (χ0n) is 5.55. The van der Waals surface area contributed by atoms with Crippen molar-refractivity contribution in [2.24, 2.45) is 5.41 Å². The van der Waals surface area contributed by atoms with Crippen LogP contribution in [0.4, 0.5) is 0 Å². The summed E-state index contributed by atoms with van der Waals surface area (Å²) in [6.45, 7) is 0. The van der Waals surface area contributed by atoms with Gasteiger partial charge in [-0.2, -0.15) is 0 Å². The van der Waals surface area contributed by atoms with E-state index < -0.39 is 28.5 Å². The van der Waals surface area contributed by atoms with Crippen LogP contribution in [0.3, 0.4) is 0 Å². The van der Waals surface area contributed by atoms with Crippen LogP contribution >= 0.6 is 0 Å². The van der Waals surface area contributed by atoms with Gasteiger partial charge in [-0.1, -0.05) is 0 Å². The summed E-state index contributed by atoms with van der Waals surface area (Å²) in [5.74, 6) is -2.04. The molecule has 2 saturated carbocycles. The van der Waals surface area contributed by atoms with Crippen molar-refractivity contribution < 1.29 is 19.2 Å². The third kappa shape index (κ3) is 0.411. The second-order valence-corrected chi connectivity index (χ2v) is 2.80. The zero-order chi connectivity index (χ0) is 8.22. The first-order chi connectivity index (χ1) is 5.10. The second-order valence-electron chi connectivity index (χ2n) is 2.80. The molecule has 0 heterocycles. The van der Waals surface area contributed by atoms with Crippen LogP contribution in [0, 0.1) is 5.41 Å². The fraction of sp³-hybridized carbons (Fsp3) is 0.429. The molecule has 0 aliphatic heterocycles. The Balaban J connectivity index is 2.49. The van der Waals surface area contributed by atoms with E-state index in [0.717, 1.165) is 0 Å². The highest BCUT2D eigenvalue weighted by Gasteiger charge is 2.70. The Kier molecular flexibility index (Phi) is 0.853.